The molecule has 2 aromatic heterocycles. The van der Waals surface area contributed by atoms with Gasteiger partial charge < -0.3 is 20.7 Å². The van der Waals surface area contributed by atoms with Crippen LogP contribution in [0.4, 0.5) is 5.82 Å². The first-order valence-corrected chi connectivity index (χ1v) is 6.57. The van der Waals surface area contributed by atoms with Gasteiger partial charge in [-0.3, -0.25) is 4.57 Å². The van der Waals surface area contributed by atoms with Gasteiger partial charge in [-0.2, -0.15) is 0 Å². The Balaban J connectivity index is 1.73. The number of hydrogen-bond acceptors (Lipinski definition) is 7. The van der Waals surface area contributed by atoms with E-state index in [-0.39, 0.29) is 0 Å². The molecule has 1 saturated carbocycles. The van der Waals surface area contributed by atoms with Crippen LogP contribution < -0.4 is 5.73 Å². The summed E-state index contributed by atoms with van der Waals surface area (Å²) in [5.74, 6) is 0.311. The van der Waals surface area contributed by atoms with E-state index in [0.717, 1.165) is 0 Å². The van der Waals surface area contributed by atoms with Crippen LogP contribution in [-0.4, -0.2) is 47.5 Å². The molecule has 0 spiro atoms. The quantitative estimate of drug-likeness (QED) is 0.647. The van der Waals surface area contributed by atoms with Gasteiger partial charge >= 0.3 is 0 Å². The molecule has 0 radical (unpaired) electrons. The molecule has 20 heavy (non-hydrogen) atoms. The lowest BCUT2D eigenvalue weighted by Crippen LogP contribution is -2.37. The first kappa shape index (κ1) is 12.0. The molecule has 1 saturated heterocycles. The summed E-state index contributed by atoms with van der Waals surface area (Å²) < 4.78 is 7.55. The fraction of sp³-hybridized carbons (Fsp3) is 0.583. The van der Waals surface area contributed by atoms with Gasteiger partial charge in [0.1, 0.15) is 24.2 Å². The number of aliphatic hydroxyl groups excluding tert-OH is 1. The molecular formula is C12H15N5O3. The summed E-state index contributed by atoms with van der Waals surface area (Å²) in [6.07, 6.45) is 2.88. The van der Waals surface area contributed by atoms with Crippen molar-refractivity contribution in [3.63, 3.8) is 0 Å². The van der Waals surface area contributed by atoms with Crippen molar-refractivity contribution in [1.82, 2.24) is 19.5 Å². The molecule has 2 aromatic rings. The number of aromatic nitrogens is 4. The minimum atomic E-state index is -0.973. The summed E-state index contributed by atoms with van der Waals surface area (Å²) in [5.41, 5.74) is 5.86. The summed E-state index contributed by atoms with van der Waals surface area (Å²) in [6, 6.07) is 0. The molecule has 0 aromatic carbocycles. The second-order valence-electron chi connectivity index (χ2n) is 5.51. The normalized spacial score (nSPS) is 36.6. The zero-order valence-electron chi connectivity index (χ0n) is 10.7. The molecule has 0 bridgehead atoms. The second kappa shape index (κ2) is 3.87. The number of nitrogen functional groups attached to an aromatic ring is 1. The predicted molar refractivity (Wildman–Crippen MR) is 68.5 cm³/mol. The zero-order valence-corrected chi connectivity index (χ0v) is 10.7. The summed E-state index contributed by atoms with van der Waals surface area (Å²) >= 11 is 0. The molecule has 1 aliphatic heterocycles. The fourth-order valence-electron chi connectivity index (χ4n) is 3.25. The third-order valence-corrected chi connectivity index (χ3v) is 4.28. The first-order valence-electron chi connectivity index (χ1n) is 6.57. The molecule has 8 nitrogen and oxygen atoms in total. The maximum absolute atomic E-state index is 10.5. The average molecular weight is 277 g/mol. The van der Waals surface area contributed by atoms with Gasteiger partial charge in [-0.1, -0.05) is 0 Å². The van der Waals surface area contributed by atoms with Crippen LogP contribution in [0.5, 0.6) is 0 Å². The average Bonchev–Trinajstić information content (AvgIpc) is 3.04. The number of nitrogens with zero attached hydrogens (tertiary/aromatic N) is 4. The van der Waals surface area contributed by atoms with E-state index in [2.05, 4.69) is 15.0 Å². The Morgan fingerprint density at radius 1 is 1.40 bits per heavy atom. The van der Waals surface area contributed by atoms with Crippen molar-refractivity contribution in [2.45, 2.75) is 43.3 Å². The highest BCUT2D eigenvalue weighted by Gasteiger charge is 2.55. The number of aliphatic hydroxyl groups is 2. The molecule has 2 aliphatic rings. The molecule has 2 fully saturated rings. The topological polar surface area (TPSA) is 119 Å². The number of fused-ring (bicyclic) bond motifs is 2. The molecule has 4 N–H and O–H groups in total. The van der Waals surface area contributed by atoms with Gasteiger partial charge in [0.05, 0.1) is 18.0 Å². The van der Waals surface area contributed by atoms with Gasteiger partial charge in [0, 0.05) is 6.42 Å². The Labute approximate surface area is 114 Å². The van der Waals surface area contributed by atoms with Crippen LogP contribution in [0.15, 0.2) is 12.7 Å². The molecule has 1 aliphatic carbocycles. The standard InChI is InChI=1S/C12H15N5O3/c13-10-8-11(15-4-14-10)17(5-16-8)7-3-12(19)2-1-6(18)9(12)20-7/h4-7,9,18-19H,1-3H2,(H2,13,14,15)/t6-,7+,9-,12+/m1/s1. The van der Waals surface area contributed by atoms with Crippen molar-refractivity contribution >= 4 is 17.0 Å². The molecule has 4 rings (SSSR count). The van der Waals surface area contributed by atoms with Gasteiger partial charge in [-0.25, -0.2) is 15.0 Å². The lowest BCUT2D eigenvalue weighted by Gasteiger charge is -2.20. The molecule has 0 amide bonds. The summed E-state index contributed by atoms with van der Waals surface area (Å²) in [4.78, 5) is 12.2. The highest BCUT2D eigenvalue weighted by atomic mass is 16.5. The molecular weight excluding hydrogens is 262 g/mol. The van der Waals surface area contributed by atoms with Crippen LogP contribution >= 0.6 is 0 Å². The molecule has 0 unspecified atom stereocenters. The monoisotopic (exact) mass is 277 g/mol. The SMILES string of the molecule is Nc1ncnc2c1ncn2[C@@H]1C[C@@]2(O)CC[C@@H](O)[C@H]2O1. The Kier molecular flexibility index (Phi) is 2.33. The van der Waals surface area contributed by atoms with Crippen LogP contribution in [0, 0.1) is 0 Å². The van der Waals surface area contributed by atoms with Crippen molar-refractivity contribution < 1.29 is 14.9 Å². The van der Waals surface area contributed by atoms with E-state index in [9.17, 15) is 10.2 Å². The maximum Gasteiger partial charge on any atom is 0.167 e. The van der Waals surface area contributed by atoms with E-state index >= 15 is 0 Å². The Bertz CT molecular complexity index is 674. The van der Waals surface area contributed by atoms with Crippen molar-refractivity contribution in [1.29, 1.82) is 0 Å². The predicted octanol–water partition coefficient (Wildman–Crippen LogP) is -0.418. The summed E-state index contributed by atoms with van der Waals surface area (Å²) in [5, 5.41) is 20.4. The number of imidazole rings is 1. The van der Waals surface area contributed by atoms with Crippen molar-refractivity contribution in [2.24, 2.45) is 0 Å². The highest BCUT2D eigenvalue weighted by Crippen LogP contribution is 2.46. The van der Waals surface area contributed by atoms with E-state index in [1.54, 1.807) is 10.9 Å². The van der Waals surface area contributed by atoms with Crippen molar-refractivity contribution in [2.75, 3.05) is 5.73 Å². The largest absolute Gasteiger partial charge is 0.390 e. The molecule has 8 heteroatoms. The number of anilines is 1. The lowest BCUT2D eigenvalue weighted by atomic mass is 9.97. The number of nitrogens with two attached hydrogens (primary N) is 1. The van der Waals surface area contributed by atoms with Gasteiger partial charge in [0.2, 0.25) is 0 Å². The Morgan fingerprint density at radius 2 is 2.25 bits per heavy atom. The lowest BCUT2D eigenvalue weighted by molar-refractivity contribution is -0.0838. The number of ether oxygens (including phenoxy) is 1. The van der Waals surface area contributed by atoms with Gasteiger partial charge in [-0.05, 0) is 12.8 Å². The number of hydrogen-bond donors (Lipinski definition) is 3. The van der Waals surface area contributed by atoms with E-state index in [0.29, 0.717) is 36.2 Å². The molecule has 4 atom stereocenters. The first-order chi connectivity index (χ1) is 9.58. The van der Waals surface area contributed by atoms with Gasteiger partial charge in [0.15, 0.2) is 11.5 Å². The third kappa shape index (κ3) is 1.49. The fourth-order valence-corrected chi connectivity index (χ4v) is 3.25. The Hall–Kier alpha value is -1.77. The van der Waals surface area contributed by atoms with Crippen LogP contribution in [0.1, 0.15) is 25.5 Å². The van der Waals surface area contributed by atoms with Gasteiger partial charge in [-0.15, -0.1) is 0 Å². The van der Waals surface area contributed by atoms with E-state index in [1.807, 2.05) is 0 Å². The van der Waals surface area contributed by atoms with Crippen LogP contribution in [0.2, 0.25) is 0 Å². The Morgan fingerprint density at radius 3 is 3.05 bits per heavy atom. The smallest absolute Gasteiger partial charge is 0.167 e. The van der Waals surface area contributed by atoms with Crippen LogP contribution in [-0.2, 0) is 4.74 Å². The van der Waals surface area contributed by atoms with Crippen molar-refractivity contribution in [3.05, 3.63) is 12.7 Å². The van der Waals surface area contributed by atoms with Gasteiger partial charge in [0.25, 0.3) is 0 Å². The van der Waals surface area contributed by atoms with E-state index in [4.69, 9.17) is 10.5 Å². The molecule has 106 valence electrons. The number of rotatable bonds is 1. The van der Waals surface area contributed by atoms with Crippen LogP contribution in [0.3, 0.4) is 0 Å². The molecule has 3 heterocycles. The zero-order chi connectivity index (χ0) is 13.9. The minimum Gasteiger partial charge on any atom is -0.390 e. The van der Waals surface area contributed by atoms with Crippen LogP contribution in [0.25, 0.3) is 11.2 Å². The third-order valence-electron chi connectivity index (χ3n) is 4.28. The van der Waals surface area contributed by atoms with E-state index in [1.165, 1.54) is 6.33 Å². The van der Waals surface area contributed by atoms with E-state index < -0.39 is 24.0 Å². The van der Waals surface area contributed by atoms with Crippen molar-refractivity contribution in [3.8, 4) is 0 Å². The second-order valence-corrected chi connectivity index (χ2v) is 5.51. The summed E-state index contributed by atoms with van der Waals surface area (Å²) in [6.45, 7) is 0. The minimum absolute atomic E-state index is 0.311. The summed E-state index contributed by atoms with van der Waals surface area (Å²) in [7, 11) is 0. The highest BCUT2D eigenvalue weighted by molar-refractivity contribution is 5.81. The maximum atomic E-state index is 10.5.